The Bertz CT molecular complexity index is 1110. The van der Waals surface area contributed by atoms with Gasteiger partial charge in [-0.3, -0.25) is 0 Å². The fourth-order valence-corrected chi connectivity index (χ4v) is 5.11. The van der Waals surface area contributed by atoms with Gasteiger partial charge in [-0.25, -0.2) is 9.97 Å². The summed E-state index contributed by atoms with van der Waals surface area (Å²) >= 11 is 4.62. The summed E-state index contributed by atoms with van der Waals surface area (Å²) in [5.74, 6) is 0. The molecule has 0 saturated carbocycles. The Morgan fingerprint density at radius 1 is 0.680 bits per heavy atom. The molecule has 4 heterocycles. The van der Waals surface area contributed by atoms with Gasteiger partial charge in [-0.05, 0) is 36.7 Å². The summed E-state index contributed by atoms with van der Waals surface area (Å²) in [5.41, 5.74) is 7.68. The maximum Gasteiger partial charge on any atom is 0.110 e. The van der Waals surface area contributed by atoms with Crippen LogP contribution in [0.4, 0.5) is 0 Å². The SMILES string of the molecule is Cc1c2nsnc2c(C)c2nc(-c3cccs3)c(-c3cccs3)nc12. The van der Waals surface area contributed by atoms with Gasteiger partial charge in [0.1, 0.15) is 22.4 Å². The van der Waals surface area contributed by atoms with Crippen molar-refractivity contribution >= 4 is 56.5 Å². The van der Waals surface area contributed by atoms with E-state index in [0.717, 1.165) is 54.3 Å². The highest BCUT2D eigenvalue weighted by Crippen LogP contribution is 2.38. The Balaban J connectivity index is 1.96. The molecule has 0 bridgehead atoms. The maximum absolute atomic E-state index is 5.06. The van der Waals surface area contributed by atoms with E-state index in [9.17, 15) is 0 Å². The Morgan fingerprint density at radius 3 is 1.56 bits per heavy atom. The van der Waals surface area contributed by atoms with Crippen molar-refractivity contribution in [3.8, 4) is 21.1 Å². The molecule has 7 heteroatoms. The van der Waals surface area contributed by atoms with Gasteiger partial charge in [-0.15, -0.1) is 22.7 Å². The van der Waals surface area contributed by atoms with Crippen molar-refractivity contribution in [2.24, 2.45) is 0 Å². The highest BCUT2D eigenvalue weighted by molar-refractivity contribution is 7.14. The molecule has 4 aromatic heterocycles. The lowest BCUT2D eigenvalue weighted by Gasteiger charge is -2.11. The molecule has 4 nitrogen and oxygen atoms in total. The predicted octanol–water partition coefficient (Wildman–Crippen LogP) is 5.71. The topological polar surface area (TPSA) is 51.6 Å². The first-order valence-corrected chi connectivity index (χ1v) is 10.2. The Morgan fingerprint density at radius 2 is 1.16 bits per heavy atom. The van der Waals surface area contributed by atoms with Crippen LogP contribution in [-0.2, 0) is 0 Å². The molecule has 5 rings (SSSR count). The second kappa shape index (κ2) is 5.66. The molecule has 0 spiro atoms. The summed E-state index contributed by atoms with van der Waals surface area (Å²) in [7, 11) is 0. The number of aromatic nitrogens is 4. The van der Waals surface area contributed by atoms with Crippen LogP contribution in [0.1, 0.15) is 11.1 Å². The van der Waals surface area contributed by atoms with E-state index in [0.29, 0.717) is 0 Å². The minimum Gasteiger partial charge on any atom is -0.243 e. The van der Waals surface area contributed by atoms with Gasteiger partial charge in [0.25, 0.3) is 0 Å². The molecule has 0 radical (unpaired) electrons. The zero-order valence-corrected chi connectivity index (χ0v) is 15.9. The summed E-state index contributed by atoms with van der Waals surface area (Å²) in [4.78, 5) is 12.4. The van der Waals surface area contributed by atoms with Crippen molar-refractivity contribution < 1.29 is 0 Å². The number of benzene rings is 1. The minimum atomic E-state index is 0.918. The molecule has 0 amide bonds. The van der Waals surface area contributed by atoms with E-state index in [4.69, 9.17) is 9.97 Å². The van der Waals surface area contributed by atoms with Crippen molar-refractivity contribution in [3.05, 3.63) is 46.2 Å². The Kier molecular flexibility index (Phi) is 3.41. The Hall–Kier alpha value is -2.22. The largest absolute Gasteiger partial charge is 0.243 e. The summed E-state index contributed by atoms with van der Waals surface area (Å²) < 4.78 is 8.92. The van der Waals surface area contributed by atoms with E-state index in [2.05, 4.69) is 57.6 Å². The molecule has 25 heavy (non-hydrogen) atoms. The lowest BCUT2D eigenvalue weighted by molar-refractivity contribution is 1.28. The Labute approximate surface area is 156 Å². The molecule has 122 valence electrons. The van der Waals surface area contributed by atoms with Gasteiger partial charge >= 0.3 is 0 Å². The molecule has 0 N–H and O–H groups in total. The number of rotatable bonds is 2. The van der Waals surface area contributed by atoms with E-state index in [1.165, 1.54) is 11.7 Å². The number of fused-ring (bicyclic) bond motifs is 2. The highest BCUT2D eigenvalue weighted by Gasteiger charge is 2.20. The van der Waals surface area contributed by atoms with E-state index in [-0.39, 0.29) is 0 Å². The first-order valence-electron chi connectivity index (χ1n) is 7.75. The summed E-state index contributed by atoms with van der Waals surface area (Å²) in [6.45, 7) is 4.12. The number of hydrogen-bond acceptors (Lipinski definition) is 7. The summed E-state index contributed by atoms with van der Waals surface area (Å²) in [6.07, 6.45) is 0. The van der Waals surface area contributed by atoms with E-state index < -0.39 is 0 Å². The second-order valence-electron chi connectivity index (χ2n) is 5.78. The molecule has 0 unspecified atom stereocenters. The van der Waals surface area contributed by atoms with Gasteiger partial charge in [0, 0.05) is 11.1 Å². The van der Waals surface area contributed by atoms with Gasteiger partial charge in [0.15, 0.2) is 0 Å². The van der Waals surface area contributed by atoms with Crippen LogP contribution in [0.15, 0.2) is 35.0 Å². The molecule has 0 saturated heterocycles. The standard InChI is InChI=1S/C18H12N4S3/c1-9-13-14(10(2)16-15(9)21-25-22-16)20-18(12-6-4-8-24-12)17(19-13)11-5-3-7-23-11/h3-8H,1-2H3. The minimum absolute atomic E-state index is 0.918. The van der Waals surface area contributed by atoms with E-state index in [1.807, 2.05) is 0 Å². The summed E-state index contributed by atoms with van der Waals surface area (Å²) in [5, 5.41) is 4.15. The van der Waals surface area contributed by atoms with Gasteiger partial charge in [-0.2, -0.15) is 8.75 Å². The fourth-order valence-electron chi connectivity index (χ4n) is 3.03. The normalized spacial score (nSPS) is 11.6. The van der Waals surface area contributed by atoms with Crippen LogP contribution in [0, 0.1) is 13.8 Å². The molecule has 0 aliphatic rings. The second-order valence-corrected chi connectivity index (χ2v) is 8.21. The third kappa shape index (κ3) is 2.23. The predicted molar refractivity (Wildman–Crippen MR) is 107 cm³/mol. The smallest absolute Gasteiger partial charge is 0.110 e. The van der Waals surface area contributed by atoms with Crippen molar-refractivity contribution in [1.82, 2.24) is 18.7 Å². The molecule has 1 aromatic carbocycles. The van der Waals surface area contributed by atoms with Crippen LogP contribution in [0.5, 0.6) is 0 Å². The van der Waals surface area contributed by atoms with Crippen LogP contribution >= 0.6 is 34.4 Å². The average molecular weight is 381 g/mol. The van der Waals surface area contributed by atoms with E-state index in [1.54, 1.807) is 22.7 Å². The van der Waals surface area contributed by atoms with Crippen LogP contribution in [0.2, 0.25) is 0 Å². The maximum atomic E-state index is 5.06. The lowest BCUT2D eigenvalue weighted by Crippen LogP contribution is -1.98. The third-order valence-electron chi connectivity index (χ3n) is 4.31. The number of thiophene rings is 2. The van der Waals surface area contributed by atoms with Gasteiger partial charge in [-0.1, -0.05) is 12.1 Å². The third-order valence-corrected chi connectivity index (χ3v) is 6.60. The molecule has 0 atom stereocenters. The fraction of sp³-hybridized carbons (Fsp3) is 0.111. The monoisotopic (exact) mass is 380 g/mol. The lowest BCUT2D eigenvalue weighted by atomic mass is 10.1. The van der Waals surface area contributed by atoms with Crippen LogP contribution < -0.4 is 0 Å². The molecule has 0 fully saturated rings. The molecule has 0 aliphatic carbocycles. The zero-order chi connectivity index (χ0) is 17.0. The molecular weight excluding hydrogens is 368 g/mol. The first-order chi connectivity index (χ1) is 12.2. The van der Waals surface area contributed by atoms with Crippen molar-refractivity contribution in [1.29, 1.82) is 0 Å². The van der Waals surface area contributed by atoms with E-state index >= 15 is 0 Å². The van der Waals surface area contributed by atoms with Crippen LogP contribution in [0.25, 0.3) is 43.2 Å². The van der Waals surface area contributed by atoms with Crippen molar-refractivity contribution in [2.75, 3.05) is 0 Å². The highest BCUT2D eigenvalue weighted by atomic mass is 32.1. The summed E-state index contributed by atoms with van der Waals surface area (Å²) in [6, 6.07) is 8.30. The van der Waals surface area contributed by atoms with Gasteiger partial charge in [0.2, 0.25) is 0 Å². The van der Waals surface area contributed by atoms with Crippen molar-refractivity contribution in [3.63, 3.8) is 0 Å². The van der Waals surface area contributed by atoms with Crippen LogP contribution in [-0.4, -0.2) is 18.7 Å². The van der Waals surface area contributed by atoms with Gasteiger partial charge in [0.05, 0.1) is 32.5 Å². The quantitative estimate of drug-likeness (QED) is 0.394. The van der Waals surface area contributed by atoms with Crippen LogP contribution in [0.3, 0.4) is 0 Å². The average Bonchev–Trinajstić information content (AvgIpc) is 3.40. The molecule has 0 aliphatic heterocycles. The number of aryl methyl sites for hydroxylation is 2. The number of nitrogens with zero attached hydrogens (tertiary/aromatic N) is 4. The molecule has 5 aromatic rings. The van der Waals surface area contributed by atoms with Gasteiger partial charge < -0.3 is 0 Å². The molecular formula is C18H12N4S3. The first kappa shape index (κ1) is 15.1. The number of hydrogen-bond donors (Lipinski definition) is 0. The van der Waals surface area contributed by atoms with Crippen molar-refractivity contribution in [2.45, 2.75) is 13.8 Å². The zero-order valence-electron chi connectivity index (χ0n) is 13.5.